The summed E-state index contributed by atoms with van der Waals surface area (Å²) in [5.41, 5.74) is 3.28. The molecule has 1 saturated heterocycles. The molecule has 16 heavy (non-hydrogen) atoms. The van der Waals surface area contributed by atoms with Gasteiger partial charge < -0.3 is 10.6 Å². The summed E-state index contributed by atoms with van der Waals surface area (Å²) in [4.78, 5) is 24.1. The third-order valence-corrected chi connectivity index (χ3v) is 2.76. The van der Waals surface area contributed by atoms with Gasteiger partial charge in [-0.3, -0.25) is 9.59 Å². The van der Waals surface area contributed by atoms with Gasteiger partial charge in [0.2, 0.25) is 0 Å². The van der Waals surface area contributed by atoms with Gasteiger partial charge in [-0.1, -0.05) is 5.92 Å². The summed E-state index contributed by atoms with van der Waals surface area (Å²) in [7, 11) is 0. The Balaban J connectivity index is 2.59. The molecule has 1 rings (SSSR count). The highest BCUT2D eigenvalue weighted by atomic mass is 19.1. The average Bonchev–Trinajstić information content (AvgIpc) is 2.29. The highest BCUT2D eigenvalue weighted by molar-refractivity contribution is 5.94. The average molecular weight is 226 g/mol. The van der Waals surface area contributed by atoms with E-state index in [-0.39, 0.29) is 38.4 Å². The molecule has 0 spiro atoms. The molecule has 2 N–H and O–H groups in total. The predicted octanol–water partition coefficient (Wildman–Crippen LogP) is -0.132. The second-order valence-corrected chi connectivity index (χ2v) is 3.76. The molecule has 0 aliphatic carbocycles. The van der Waals surface area contributed by atoms with E-state index in [0.717, 1.165) is 0 Å². The topological polar surface area (TPSA) is 63.4 Å². The van der Waals surface area contributed by atoms with Crippen molar-refractivity contribution >= 4 is 11.7 Å². The molecule has 0 unspecified atom stereocenters. The van der Waals surface area contributed by atoms with E-state index in [1.807, 2.05) is 0 Å². The number of piperidine rings is 1. The molecule has 0 aromatic carbocycles. The van der Waals surface area contributed by atoms with Crippen molar-refractivity contribution in [2.45, 2.75) is 25.4 Å². The fraction of sp³-hybridized carbons (Fsp3) is 0.636. The number of hydrogen-bond acceptors (Lipinski definition) is 3. The Morgan fingerprint density at radius 2 is 2.00 bits per heavy atom. The minimum Gasteiger partial charge on any atom is -0.332 e. The number of ketones is 1. The van der Waals surface area contributed by atoms with E-state index in [9.17, 15) is 14.0 Å². The van der Waals surface area contributed by atoms with E-state index in [4.69, 9.17) is 5.73 Å². The number of halogens is 1. The van der Waals surface area contributed by atoms with Gasteiger partial charge >= 0.3 is 0 Å². The van der Waals surface area contributed by atoms with Crippen LogP contribution in [0.1, 0.15) is 19.8 Å². The van der Waals surface area contributed by atoms with Crippen molar-refractivity contribution in [1.82, 2.24) is 4.90 Å². The second-order valence-electron chi connectivity index (χ2n) is 3.76. The van der Waals surface area contributed by atoms with E-state index in [2.05, 4.69) is 11.8 Å². The van der Waals surface area contributed by atoms with Crippen molar-refractivity contribution in [3.05, 3.63) is 0 Å². The largest absolute Gasteiger partial charge is 0.332 e. The number of Topliss-reactive ketones (excluding diaryl/α,β-unsaturated/α-hetero) is 1. The Bertz CT molecular complexity index is 349. The Morgan fingerprint density at radius 1 is 1.44 bits per heavy atom. The molecule has 1 aliphatic rings. The minimum atomic E-state index is -1.86. The number of nitrogens with zero attached hydrogens (tertiary/aromatic N) is 1. The van der Waals surface area contributed by atoms with Gasteiger partial charge in [-0.2, -0.15) is 0 Å². The maximum atomic E-state index is 14.0. The summed E-state index contributed by atoms with van der Waals surface area (Å²) in [6.07, 6.45) is 0.0281. The number of carbonyl (C=O) groups excluding carboxylic acids is 2. The van der Waals surface area contributed by atoms with Crippen LogP contribution in [0.5, 0.6) is 0 Å². The summed E-state index contributed by atoms with van der Waals surface area (Å²) >= 11 is 0. The van der Waals surface area contributed by atoms with Gasteiger partial charge in [-0.25, -0.2) is 4.39 Å². The monoisotopic (exact) mass is 226 g/mol. The molecule has 1 heterocycles. The molecular formula is C11H15FN2O2. The van der Waals surface area contributed by atoms with E-state index in [0.29, 0.717) is 0 Å². The van der Waals surface area contributed by atoms with Crippen molar-refractivity contribution < 1.29 is 14.0 Å². The van der Waals surface area contributed by atoms with Crippen LogP contribution in [-0.2, 0) is 9.59 Å². The number of amides is 1. The van der Waals surface area contributed by atoms with Crippen molar-refractivity contribution in [2.24, 2.45) is 5.73 Å². The quantitative estimate of drug-likeness (QED) is 0.667. The summed E-state index contributed by atoms with van der Waals surface area (Å²) in [6.45, 7) is 1.71. The molecule has 1 aliphatic heterocycles. The van der Waals surface area contributed by atoms with Crippen LogP contribution in [0.4, 0.5) is 4.39 Å². The number of alkyl halides is 1. The van der Waals surface area contributed by atoms with E-state index >= 15 is 0 Å². The molecule has 5 heteroatoms. The lowest BCUT2D eigenvalue weighted by molar-refractivity contribution is -0.137. The molecule has 4 nitrogen and oxygen atoms in total. The fourth-order valence-electron chi connectivity index (χ4n) is 1.71. The molecule has 0 saturated carbocycles. The van der Waals surface area contributed by atoms with Crippen molar-refractivity contribution in [3.8, 4) is 11.8 Å². The first-order valence-corrected chi connectivity index (χ1v) is 5.17. The Hall–Kier alpha value is -1.41. The lowest BCUT2D eigenvalue weighted by Gasteiger charge is -2.34. The van der Waals surface area contributed by atoms with Crippen molar-refractivity contribution in [1.29, 1.82) is 0 Å². The number of carbonyl (C=O) groups is 2. The van der Waals surface area contributed by atoms with Crippen LogP contribution in [0.3, 0.4) is 0 Å². The van der Waals surface area contributed by atoms with Crippen LogP contribution in [-0.4, -0.2) is 41.9 Å². The first-order valence-electron chi connectivity index (χ1n) is 5.17. The van der Waals surface area contributed by atoms with Crippen LogP contribution in [0.25, 0.3) is 0 Å². The lowest BCUT2D eigenvalue weighted by atomic mass is 9.89. The van der Waals surface area contributed by atoms with Gasteiger partial charge in [0.05, 0.1) is 6.54 Å². The summed E-state index contributed by atoms with van der Waals surface area (Å²) in [5, 5.41) is 0. The van der Waals surface area contributed by atoms with Crippen LogP contribution >= 0.6 is 0 Å². The number of hydrogen-bond donors (Lipinski definition) is 1. The van der Waals surface area contributed by atoms with Crippen molar-refractivity contribution in [2.75, 3.05) is 19.6 Å². The highest BCUT2D eigenvalue weighted by Gasteiger charge is 2.41. The predicted molar refractivity (Wildman–Crippen MR) is 57.2 cm³/mol. The summed E-state index contributed by atoms with van der Waals surface area (Å²) in [6, 6.07) is 0. The molecule has 1 fully saturated rings. The smallest absolute Gasteiger partial charge is 0.298 e. The number of nitrogens with two attached hydrogens (primary N) is 1. The normalized spacial score (nSPS) is 18.6. The summed E-state index contributed by atoms with van der Waals surface area (Å²) < 4.78 is 14.0. The van der Waals surface area contributed by atoms with Gasteiger partial charge in [-0.15, -0.1) is 0 Å². The Kier molecular flexibility index (Phi) is 4.02. The van der Waals surface area contributed by atoms with Gasteiger partial charge in [0.1, 0.15) is 0 Å². The molecular weight excluding hydrogens is 211 g/mol. The molecule has 0 aromatic heterocycles. The van der Waals surface area contributed by atoms with Gasteiger partial charge in [-0.05, 0) is 12.8 Å². The molecule has 0 radical (unpaired) electrons. The number of rotatable bonds is 2. The molecule has 0 atom stereocenters. The standard InChI is InChI=1S/C11H15FN2O2/c1-2-3-10(16)14-6-4-11(12,5-7-14)9(15)8-13/h4-8,13H2,1H3. The zero-order valence-corrected chi connectivity index (χ0v) is 9.25. The van der Waals surface area contributed by atoms with Gasteiger partial charge in [0.15, 0.2) is 11.5 Å². The third kappa shape index (κ3) is 2.58. The lowest BCUT2D eigenvalue weighted by Crippen LogP contribution is -2.49. The van der Waals surface area contributed by atoms with E-state index in [1.54, 1.807) is 6.92 Å². The number of likely N-dealkylation sites (tertiary alicyclic amines) is 1. The first-order chi connectivity index (χ1) is 7.53. The Morgan fingerprint density at radius 3 is 2.44 bits per heavy atom. The molecule has 0 bridgehead atoms. The zero-order chi connectivity index (χ0) is 12.2. The maximum Gasteiger partial charge on any atom is 0.298 e. The minimum absolute atomic E-state index is 0.0141. The van der Waals surface area contributed by atoms with Crippen LogP contribution in [0, 0.1) is 11.8 Å². The Labute approximate surface area is 94.0 Å². The van der Waals surface area contributed by atoms with E-state index < -0.39 is 11.5 Å². The zero-order valence-electron chi connectivity index (χ0n) is 9.25. The van der Waals surface area contributed by atoms with Crippen LogP contribution in [0.2, 0.25) is 0 Å². The highest BCUT2D eigenvalue weighted by Crippen LogP contribution is 2.27. The molecule has 1 amide bonds. The van der Waals surface area contributed by atoms with Gasteiger partial charge in [0, 0.05) is 25.9 Å². The first kappa shape index (κ1) is 12.7. The van der Waals surface area contributed by atoms with Crippen molar-refractivity contribution in [3.63, 3.8) is 0 Å². The summed E-state index contributed by atoms with van der Waals surface area (Å²) in [5.74, 6) is 3.99. The third-order valence-electron chi connectivity index (χ3n) is 2.76. The second kappa shape index (κ2) is 5.08. The molecule has 0 aromatic rings. The van der Waals surface area contributed by atoms with Crippen LogP contribution < -0.4 is 5.73 Å². The van der Waals surface area contributed by atoms with Gasteiger partial charge in [0.25, 0.3) is 5.91 Å². The van der Waals surface area contributed by atoms with Crippen LogP contribution in [0.15, 0.2) is 0 Å². The maximum absolute atomic E-state index is 14.0. The molecule has 88 valence electrons. The SMILES string of the molecule is CC#CC(=O)N1CCC(F)(C(=O)CN)CC1. The fourth-order valence-corrected chi connectivity index (χ4v) is 1.71. The van der Waals surface area contributed by atoms with E-state index in [1.165, 1.54) is 4.90 Å².